The molecule has 0 aliphatic carbocycles. The van der Waals surface area contributed by atoms with Crippen LogP contribution in [0.3, 0.4) is 0 Å². The SMILES string of the molecule is CCc1cc(Cl)ccc1CC(C)NC. The van der Waals surface area contributed by atoms with Gasteiger partial charge in [0, 0.05) is 11.1 Å². The molecule has 0 saturated heterocycles. The van der Waals surface area contributed by atoms with Crippen LogP contribution in [0.4, 0.5) is 0 Å². The molecule has 0 aliphatic rings. The first-order valence-electron chi connectivity index (χ1n) is 5.12. The number of halogens is 1. The molecule has 0 bridgehead atoms. The predicted molar refractivity (Wildman–Crippen MR) is 63.1 cm³/mol. The van der Waals surface area contributed by atoms with Crippen molar-refractivity contribution in [3.63, 3.8) is 0 Å². The van der Waals surface area contributed by atoms with Crippen LogP contribution >= 0.6 is 11.6 Å². The van der Waals surface area contributed by atoms with Crippen molar-refractivity contribution >= 4 is 11.6 Å². The van der Waals surface area contributed by atoms with Crippen molar-refractivity contribution < 1.29 is 0 Å². The van der Waals surface area contributed by atoms with E-state index in [0.29, 0.717) is 6.04 Å². The van der Waals surface area contributed by atoms with Crippen LogP contribution in [0.25, 0.3) is 0 Å². The molecule has 0 radical (unpaired) electrons. The molecule has 14 heavy (non-hydrogen) atoms. The summed E-state index contributed by atoms with van der Waals surface area (Å²) >= 11 is 5.95. The Morgan fingerprint density at radius 3 is 2.64 bits per heavy atom. The number of likely N-dealkylation sites (N-methyl/N-ethyl adjacent to an activating group) is 1. The van der Waals surface area contributed by atoms with E-state index in [1.54, 1.807) is 0 Å². The van der Waals surface area contributed by atoms with Gasteiger partial charge in [-0.3, -0.25) is 0 Å². The van der Waals surface area contributed by atoms with Crippen molar-refractivity contribution in [2.24, 2.45) is 0 Å². The van der Waals surface area contributed by atoms with Gasteiger partial charge >= 0.3 is 0 Å². The Labute approximate surface area is 91.5 Å². The molecular formula is C12H18ClN. The van der Waals surface area contributed by atoms with E-state index in [9.17, 15) is 0 Å². The lowest BCUT2D eigenvalue weighted by atomic mass is 9.99. The average Bonchev–Trinajstić information content (AvgIpc) is 2.20. The van der Waals surface area contributed by atoms with Crippen LogP contribution in [0.5, 0.6) is 0 Å². The lowest BCUT2D eigenvalue weighted by molar-refractivity contribution is 0.606. The highest BCUT2D eigenvalue weighted by atomic mass is 35.5. The second kappa shape index (κ2) is 5.38. The Bertz CT molecular complexity index is 296. The van der Waals surface area contributed by atoms with Crippen LogP contribution in [-0.4, -0.2) is 13.1 Å². The highest BCUT2D eigenvalue weighted by molar-refractivity contribution is 6.30. The van der Waals surface area contributed by atoms with Gasteiger partial charge in [-0.25, -0.2) is 0 Å². The van der Waals surface area contributed by atoms with Crippen molar-refractivity contribution in [1.29, 1.82) is 0 Å². The molecule has 1 aromatic carbocycles. The van der Waals surface area contributed by atoms with Crippen molar-refractivity contribution in [1.82, 2.24) is 5.32 Å². The number of benzene rings is 1. The van der Waals surface area contributed by atoms with Gasteiger partial charge in [0.25, 0.3) is 0 Å². The van der Waals surface area contributed by atoms with Gasteiger partial charge in [0.2, 0.25) is 0 Å². The zero-order valence-corrected chi connectivity index (χ0v) is 9.86. The number of hydrogen-bond donors (Lipinski definition) is 1. The fraction of sp³-hybridized carbons (Fsp3) is 0.500. The molecule has 0 saturated carbocycles. The molecule has 0 aliphatic heterocycles. The van der Waals surface area contributed by atoms with E-state index in [-0.39, 0.29) is 0 Å². The highest BCUT2D eigenvalue weighted by Crippen LogP contribution is 2.18. The summed E-state index contributed by atoms with van der Waals surface area (Å²) < 4.78 is 0. The number of hydrogen-bond acceptors (Lipinski definition) is 1. The second-order valence-corrected chi connectivity index (χ2v) is 4.10. The summed E-state index contributed by atoms with van der Waals surface area (Å²) in [4.78, 5) is 0. The van der Waals surface area contributed by atoms with Gasteiger partial charge in [0.1, 0.15) is 0 Å². The fourth-order valence-electron chi connectivity index (χ4n) is 1.55. The van der Waals surface area contributed by atoms with Gasteiger partial charge in [0.05, 0.1) is 0 Å². The van der Waals surface area contributed by atoms with Crippen LogP contribution in [0, 0.1) is 0 Å². The van der Waals surface area contributed by atoms with Crippen molar-refractivity contribution in [2.45, 2.75) is 32.7 Å². The summed E-state index contributed by atoms with van der Waals surface area (Å²) in [6, 6.07) is 6.69. The van der Waals surface area contributed by atoms with Crippen molar-refractivity contribution in [3.05, 3.63) is 34.3 Å². The van der Waals surface area contributed by atoms with E-state index < -0.39 is 0 Å². The lowest BCUT2D eigenvalue weighted by Gasteiger charge is -2.13. The lowest BCUT2D eigenvalue weighted by Crippen LogP contribution is -2.24. The maximum atomic E-state index is 5.95. The minimum atomic E-state index is 0.515. The molecule has 2 heteroatoms. The van der Waals surface area contributed by atoms with Crippen LogP contribution in [-0.2, 0) is 12.8 Å². The largest absolute Gasteiger partial charge is 0.317 e. The summed E-state index contributed by atoms with van der Waals surface area (Å²) in [7, 11) is 1.99. The third kappa shape index (κ3) is 3.00. The molecule has 1 N–H and O–H groups in total. The number of nitrogens with one attached hydrogen (secondary N) is 1. The Hall–Kier alpha value is -0.530. The minimum absolute atomic E-state index is 0.515. The Kier molecular flexibility index (Phi) is 4.43. The minimum Gasteiger partial charge on any atom is -0.317 e. The topological polar surface area (TPSA) is 12.0 Å². The molecule has 1 atom stereocenters. The van der Waals surface area contributed by atoms with E-state index in [1.165, 1.54) is 11.1 Å². The van der Waals surface area contributed by atoms with Crippen molar-refractivity contribution in [3.8, 4) is 0 Å². The monoisotopic (exact) mass is 211 g/mol. The molecular weight excluding hydrogens is 194 g/mol. The molecule has 1 unspecified atom stereocenters. The molecule has 1 rings (SSSR count). The summed E-state index contributed by atoms with van der Waals surface area (Å²) in [6.45, 7) is 4.35. The quantitative estimate of drug-likeness (QED) is 0.808. The zero-order chi connectivity index (χ0) is 10.6. The van der Waals surface area contributed by atoms with Crippen LogP contribution < -0.4 is 5.32 Å². The summed E-state index contributed by atoms with van der Waals surface area (Å²) in [6.07, 6.45) is 2.11. The normalized spacial score (nSPS) is 12.9. The summed E-state index contributed by atoms with van der Waals surface area (Å²) in [5, 5.41) is 4.08. The molecule has 0 fully saturated rings. The third-order valence-electron chi connectivity index (χ3n) is 2.57. The van der Waals surface area contributed by atoms with E-state index >= 15 is 0 Å². The Morgan fingerprint density at radius 1 is 1.36 bits per heavy atom. The first-order valence-corrected chi connectivity index (χ1v) is 5.49. The Balaban J connectivity index is 2.85. The van der Waals surface area contributed by atoms with Gasteiger partial charge in [-0.15, -0.1) is 0 Å². The second-order valence-electron chi connectivity index (χ2n) is 3.66. The number of aryl methyl sites for hydroxylation is 1. The maximum absolute atomic E-state index is 5.95. The summed E-state index contributed by atoms with van der Waals surface area (Å²) in [5.74, 6) is 0. The molecule has 0 aromatic heterocycles. The average molecular weight is 212 g/mol. The van der Waals surface area contributed by atoms with E-state index in [4.69, 9.17) is 11.6 Å². The first kappa shape index (κ1) is 11.5. The van der Waals surface area contributed by atoms with E-state index in [2.05, 4.69) is 31.3 Å². The van der Waals surface area contributed by atoms with Gasteiger partial charge in [-0.1, -0.05) is 24.6 Å². The highest BCUT2D eigenvalue weighted by Gasteiger charge is 2.05. The van der Waals surface area contributed by atoms with Crippen molar-refractivity contribution in [2.75, 3.05) is 7.05 Å². The van der Waals surface area contributed by atoms with Gasteiger partial charge < -0.3 is 5.32 Å². The van der Waals surface area contributed by atoms with Crippen LogP contribution in [0.1, 0.15) is 25.0 Å². The molecule has 0 heterocycles. The van der Waals surface area contributed by atoms with Crippen LogP contribution in [0.15, 0.2) is 18.2 Å². The molecule has 1 nitrogen and oxygen atoms in total. The zero-order valence-electron chi connectivity index (χ0n) is 9.10. The van der Waals surface area contributed by atoms with Gasteiger partial charge in [0.15, 0.2) is 0 Å². The third-order valence-corrected chi connectivity index (χ3v) is 2.80. The molecule has 0 spiro atoms. The van der Waals surface area contributed by atoms with Gasteiger partial charge in [-0.05, 0) is 50.1 Å². The Morgan fingerprint density at radius 2 is 2.07 bits per heavy atom. The van der Waals surface area contributed by atoms with E-state index in [1.807, 2.05) is 13.1 Å². The maximum Gasteiger partial charge on any atom is 0.0408 e. The smallest absolute Gasteiger partial charge is 0.0408 e. The molecule has 78 valence electrons. The fourth-order valence-corrected chi connectivity index (χ4v) is 1.75. The van der Waals surface area contributed by atoms with Gasteiger partial charge in [-0.2, -0.15) is 0 Å². The first-order chi connectivity index (χ1) is 6.67. The summed E-state index contributed by atoms with van der Waals surface area (Å²) in [5.41, 5.74) is 2.76. The molecule has 0 amide bonds. The predicted octanol–water partition coefficient (Wildman–Crippen LogP) is 3.05. The number of rotatable bonds is 4. The standard InChI is InChI=1S/C12H18ClN/c1-4-10-8-12(13)6-5-11(10)7-9(2)14-3/h5-6,8-9,14H,4,7H2,1-3H3. The molecule has 1 aromatic rings. The van der Waals surface area contributed by atoms with Crippen LogP contribution in [0.2, 0.25) is 5.02 Å². The van der Waals surface area contributed by atoms with E-state index in [0.717, 1.165) is 17.9 Å².